The quantitative estimate of drug-likeness (QED) is 0.731. The van der Waals surface area contributed by atoms with Crippen LogP contribution in [0.25, 0.3) is 16.8 Å². The number of aromatic nitrogens is 4. The SMILES string of the molecule is CN[C@@H]1CCCC12CCN(c1nc(C)c(-c3c(C)noc3C)c3nccn13)CC2. The lowest BCUT2D eigenvalue weighted by atomic mass is 9.74. The molecule has 1 saturated heterocycles. The van der Waals surface area contributed by atoms with Crippen LogP contribution in [0, 0.1) is 26.2 Å². The molecule has 3 aromatic rings. The summed E-state index contributed by atoms with van der Waals surface area (Å²) in [5, 5.41) is 7.72. The van der Waals surface area contributed by atoms with Gasteiger partial charge in [-0.3, -0.25) is 4.40 Å². The summed E-state index contributed by atoms with van der Waals surface area (Å²) in [7, 11) is 2.12. The van der Waals surface area contributed by atoms with Gasteiger partial charge >= 0.3 is 0 Å². The normalized spacial score (nSPS) is 21.5. The Balaban J connectivity index is 1.52. The molecule has 0 unspecified atom stereocenters. The van der Waals surface area contributed by atoms with Crippen molar-refractivity contribution in [3.63, 3.8) is 0 Å². The number of hydrogen-bond donors (Lipinski definition) is 1. The lowest BCUT2D eigenvalue weighted by Crippen LogP contribution is -2.48. The van der Waals surface area contributed by atoms with Gasteiger partial charge in [0.1, 0.15) is 11.4 Å². The molecule has 29 heavy (non-hydrogen) atoms. The van der Waals surface area contributed by atoms with E-state index >= 15 is 0 Å². The molecule has 2 fully saturated rings. The number of imidazole rings is 1. The summed E-state index contributed by atoms with van der Waals surface area (Å²) in [6.07, 6.45) is 10.3. The van der Waals surface area contributed by atoms with Gasteiger partial charge in [-0.25, -0.2) is 9.97 Å². The van der Waals surface area contributed by atoms with Gasteiger partial charge in [0.2, 0.25) is 5.95 Å². The lowest BCUT2D eigenvalue weighted by Gasteiger charge is -2.43. The third kappa shape index (κ3) is 2.78. The minimum atomic E-state index is 0.463. The van der Waals surface area contributed by atoms with Crippen molar-refractivity contribution in [3.05, 3.63) is 29.5 Å². The summed E-state index contributed by atoms with van der Waals surface area (Å²) in [5.74, 6) is 1.81. The van der Waals surface area contributed by atoms with Crippen LogP contribution in [0.5, 0.6) is 0 Å². The van der Waals surface area contributed by atoms with E-state index in [9.17, 15) is 0 Å². The van der Waals surface area contributed by atoms with Crippen LogP contribution >= 0.6 is 0 Å². The third-order valence-corrected chi connectivity index (χ3v) is 7.29. The van der Waals surface area contributed by atoms with Crippen LogP contribution in [-0.4, -0.2) is 45.7 Å². The van der Waals surface area contributed by atoms with Crippen molar-refractivity contribution >= 4 is 11.6 Å². The van der Waals surface area contributed by atoms with E-state index in [2.05, 4.69) is 38.7 Å². The molecule has 7 heteroatoms. The fourth-order valence-corrected chi connectivity index (χ4v) is 5.77. The summed E-state index contributed by atoms with van der Waals surface area (Å²) in [6.45, 7) is 8.08. The highest BCUT2D eigenvalue weighted by Gasteiger charge is 2.44. The smallest absolute Gasteiger partial charge is 0.211 e. The number of anilines is 1. The highest BCUT2D eigenvalue weighted by atomic mass is 16.5. The number of rotatable bonds is 3. The molecule has 1 N–H and O–H groups in total. The standard InChI is InChI=1S/C22H30N6O/c1-14-19(18-15(2)26-29-16(18)3)20-24-10-13-28(20)21(25-14)27-11-8-22(9-12-27)7-5-6-17(22)23-4/h10,13,17,23H,5-9,11-12H2,1-4H3/t17-/m1/s1. The van der Waals surface area contributed by atoms with Gasteiger partial charge in [-0.1, -0.05) is 11.6 Å². The van der Waals surface area contributed by atoms with Gasteiger partial charge < -0.3 is 14.7 Å². The first-order valence-electron chi connectivity index (χ1n) is 10.7. The zero-order chi connectivity index (χ0) is 20.2. The molecule has 1 aliphatic heterocycles. The fraction of sp³-hybridized carbons (Fsp3) is 0.591. The van der Waals surface area contributed by atoms with Crippen LogP contribution < -0.4 is 10.2 Å². The third-order valence-electron chi connectivity index (χ3n) is 7.29. The molecular formula is C22H30N6O. The number of fused-ring (bicyclic) bond motifs is 1. The predicted molar refractivity (Wildman–Crippen MR) is 113 cm³/mol. The maximum atomic E-state index is 5.42. The van der Waals surface area contributed by atoms with Gasteiger partial charge in [0, 0.05) is 31.5 Å². The zero-order valence-corrected chi connectivity index (χ0v) is 17.8. The maximum Gasteiger partial charge on any atom is 0.211 e. The molecule has 5 rings (SSSR count). The second kappa shape index (κ2) is 6.83. The molecular weight excluding hydrogens is 364 g/mol. The van der Waals surface area contributed by atoms with Crippen molar-refractivity contribution in [3.8, 4) is 11.1 Å². The molecule has 4 heterocycles. The number of hydrogen-bond acceptors (Lipinski definition) is 6. The van der Waals surface area contributed by atoms with Crippen LogP contribution in [-0.2, 0) is 0 Å². The van der Waals surface area contributed by atoms with Crippen LogP contribution in [0.1, 0.15) is 49.3 Å². The lowest BCUT2D eigenvalue weighted by molar-refractivity contribution is 0.177. The summed E-state index contributed by atoms with van der Waals surface area (Å²) in [4.78, 5) is 12.2. The van der Waals surface area contributed by atoms with Crippen molar-refractivity contribution in [2.24, 2.45) is 5.41 Å². The second-order valence-electron chi connectivity index (χ2n) is 8.78. The van der Waals surface area contributed by atoms with E-state index in [4.69, 9.17) is 9.51 Å². The van der Waals surface area contributed by atoms with Crippen molar-refractivity contribution in [1.82, 2.24) is 24.8 Å². The molecule has 3 aromatic heterocycles. The van der Waals surface area contributed by atoms with Crippen molar-refractivity contribution < 1.29 is 4.52 Å². The molecule has 2 aliphatic rings. The second-order valence-corrected chi connectivity index (χ2v) is 8.78. The number of aryl methyl sites for hydroxylation is 3. The van der Waals surface area contributed by atoms with E-state index in [1.165, 1.54) is 32.1 Å². The number of piperidine rings is 1. The van der Waals surface area contributed by atoms with E-state index in [0.717, 1.165) is 53.0 Å². The topological polar surface area (TPSA) is 71.5 Å². The molecule has 7 nitrogen and oxygen atoms in total. The molecule has 1 atom stereocenters. The predicted octanol–water partition coefficient (Wildman–Crippen LogP) is 3.67. The molecule has 1 saturated carbocycles. The van der Waals surface area contributed by atoms with Crippen molar-refractivity contribution in [2.75, 3.05) is 25.0 Å². The minimum absolute atomic E-state index is 0.463. The Kier molecular flexibility index (Phi) is 4.38. The summed E-state index contributed by atoms with van der Waals surface area (Å²) < 4.78 is 7.56. The molecule has 0 aromatic carbocycles. The average Bonchev–Trinajstić information content (AvgIpc) is 3.43. The summed E-state index contributed by atoms with van der Waals surface area (Å²) in [6, 6.07) is 0.662. The highest BCUT2D eigenvalue weighted by molar-refractivity contribution is 5.83. The highest BCUT2D eigenvalue weighted by Crippen LogP contribution is 2.47. The Morgan fingerprint density at radius 3 is 2.59 bits per heavy atom. The van der Waals surface area contributed by atoms with Crippen LogP contribution in [0.4, 0.5) is 5.95 Å². The Hall–Kier alpha value is -2.41. The molecule has 0 amide bonds. The first-order valence-corrected chi connectivity index (χ1v) is 10.7. The van der Waals surface area contributed by atoms with Gasteiger partial charge in [0.05, 0.1) is 22.5 Å². The molecule has 0 radical (unpaired) electrons. The monoisotopic (exact) mass is 394 g/mol. The summed E-state index contributed by atoms with van der Waals surface area (Å²) in [5.41, 5.74) is 5.28. The van der Waals surface area contributed by atoms with Gasteiger partial charge in [-0.05, 0) is 58.9 Å². The first kappa shape index (κ1) is 18.6. The van der Waals surface area contributed by atoms with Crippen molar-refractivity contribution in [1.29, 1.82) is 0 Å². The molecule has 1 aliphatic carbocycles. The molecule has 0 bridgehead atoms. The Bertz CT molecular complexity index is 1020. The number of nitrogens with zero attached hydrogens (tertiary/aromatic N) is 5. The van der Waals surface area contributed by atoms with Gasteiger partial charge in [0.15, 0.2) is 0 Å². The maximum absolute atomic E-state index is 5.42. The van der Waals surface area contributed by atoms with E-state index in [1.54, 1.807) is 0 Å². The van der Waals surface area contributed by atoms with Crippen LogP contribution in [0.2, 0.25) is 0 Å². The largest absolute Gasteiger partial charge is 0.361 e. The van der Waals surface area contributed by atoms with Gasteiger partial charge in [-0.15, -0.1) is 0 Å². The molecule has 154 valence electrons. The van der Waals surface area contributed by atoms with E-state index < -0.39 is 0 Å². The van der Waals surface area contributed by atoms with E-state index in [1.807, 2.05) is 26.2 Å². The van der Waals surface area contributed by atoms with Crippen molar-refractivity contribution in [2.45, 2.75) is 58.9 Å². The van der Waals surface area contributed by atoms with Crippen LogP contribution in [0.15, 0.2) is 16.9 Å². The first-order chi connectivity index (χ1) is 14.0. The Morgan fingerprint density at radius 1 is 1.10 bits per heavy atom. The Labute approximate surface area is 171 Å². The van der Waals surface area contributed by atoms with Gasteiger partial charge in [-0.2, -0.15) is 0 Å². The minimum Gasteiger partial charge on any atom is -0.361 e. The Morgan fingerprint density at radius 2 is 1.90 bits per heavy atom. The zero-order valence-electron chi connectivity index (χ0n) is 17.8. The summed E-state index contributed by atoms with van der Waals surface area (Å²) >= 11 is 0. The molecule has 1 spiro atoms. The van der Waals surface area contributed by atoms with E-state index in [-0.39, 0.29) is 0 Å². The van der Waals surface area contributed by atoms with E-state index in [0.29, 0.717) is 11.5 Å². The van der Waals surface area contributed by atoms with Crippen LogP contribution in [0.3, 0.4) is 0 Å². The van der Waals surface area contributed by atoms with Gasteiger partial charge in [0.25, 0.3) is 0 Å². The fourth-order valence-electron chi connectivity index (χ4n) is 5.77. The number of nitrogens with one attached hydrogen (secondary N) is 1. The average molecular weight is 395 g/mol.